The second kappa shape index (κ2) is 10.1. The largest absolute Gasteiger partial charge is 0.573 e. The minimum atomic E-state index is -4.81. The predicted octanol–water partition coefficient (Wildman–Crippen LogP) is 3.92. The summed E-state index contributed by atoms with van der Waals surface area (Å²) in [5.41, 5.74) is 1.79. The van der Waals surface area contributed by atoms with Crippen LogP contribution in [0.1, 0.15) is 31.7 Å². The molecular formula is C24H26F3N3O5S. The van der Waals surface area contributed by atoms with Crippen molar-refractivity contribution < 1.29 is 35.9 Å². The van der Waals surface area contributed by atoms with Crippen LogP contribution in [0.3, 0.4) is 0 Å². The fourth-order valence-electron chi connectivity index (χ4n) is 4.57. The van der Waals surface area contributed by atoms with E-state index in [1.165, 1.54) is 29.4 Å². The van der Waals surface area contributed by atoms with E-state index in [0.29, 0.717) is 25.8 Å². The summed E-state index contributed by atoms with van der Waals surface area (Å²) in [5.74, 6) is -1.54. The van der Waals surface area contributed by atoms with Crippen LogP contribution in [0.2, 0.25) is 0 Å². The number of piperidine rings is 1. The molecule has 0 spiro atoms. The van der Waals surface area contributed by atoms with Gasteiger partial charge in [0.2, 0.25) is 21.8 Å². The minimum absolute atomic E-state index is 0.0138. The molecule has 2 aromatic rings. The van der Waals surface area contributed by atoms with Crippen LogP contribution in [0.5, 0.6) is 5.75 Å². The number of aryl methyl sites for hydroxylation is 1. The highest BCUT2D eigenvalue weighted by atomic mass is 32.2. The van der Waals surface area contributed by atoms with Crippen molar-refractivity contribution in [1.82, 2.24) is 4.31 Å². The molecule has 0 aromatic heterocycles. The molecule has 2 amide bonds. The van der Waals surface area contributed by atoms with E-state index in [9.17, 15) is 31.2 Å². The standard InChI is InChI=1S/C24H26F3N3O5S/c1-16(31)30-13-3-4-17-14-21(10-11-22(17)30)36(33,34)29-12-2-5-18(15-29)23(32)28-19-6-8-20(9-7-19)35-24(25,26)27/h6-11,14,18H,2-5,12-13,15H2,1H3,(H,28,32)/t18-/m1/s1. The lowest BCUT2D eigenvalue weighted by molar-refractivity contribution is -0.274. The van der Waals surface area contributed by atoms with E-state index >= 15 is 0 Å². The monoisotopic (exact) mass is 525 g/mol. The number of carbonyl (C=O) groups is 2. The van der Waals surface area contributed by atoms with Gasteiger partial charge in [0.1, 0.15) is 5.75 Å². The fourth-order valence-corrected chi connectivity index (χ4v) is 6.14. The Labute approximate surface area is 207 Å². The third-order valence-electron chi connectivity index (χ3n) is 6.30. The summed E-state index contributed by atoms with van der Waals surface area (Å²) in [4.78, 5) is 26.5. The summed E-state index contributed by atoms with van der Waals surface area (Å²) < 4.78 is 68.8. The first-order chi connectivity index (χ1) is 16.9. The van der Waals surface area contributed by atoms with Crippen LogP contribution in [-0.2, 0) is 26.0 Å². The van der Waals surface area contributed by atoms with Crippen molar-refractivity contribution in [3.8, 4) is 5.75 Å². The molecule has 2 aliphatic heterocycles. The van der Waals surface area contributed by atoms with Gasteiger partial charge >= 0.3 is 6.36 Å². The topological polar surface area (TPSA) is 96.0 Å². The van der Waals surface area contributed by atoms with Crippen LogP contribution in [0.25, 0.3) is 0 Å². The summed E-state index contributed by atoms with van der Waals surface area (Å²) in [6, 6.07) is 9.50. The van der Waals surface area contributed by atoms with Crippen LogP contribution in [0.4, 0.5) is 24.5 Å². The molecule has 194 valence electrons. The van der Waals surface area contributed by atoms with Crippen molar-refractivity contribution in [3.05, 3.63) is 48.0 Å². The SMILES string of the molecule is CC(=O)N1CCCc2cc(S(=O)(=O)N3CCC[C@@H](C(=O)Nc4ccc(OC(F)(F)F)cc4)C3)ccc21. The number of nitrogens with zero attached hydrogens (tertiary/aromatic N) is 2. The van der Waals surface area contributed by atoms with E-state index in [1.54, 1.807) is 17.0 Å². The summed E-state index contributed by atoms with van der Waals surface area (Å²) >= 11 is 0. The van der Waals surface area contributed by atoms with Crippen LogP contribution in [0, 0.1) is 5.92 Å². The van der Waals surface area contributed by atoms with Crippen LogP contribution >= 0.6 is 0 Å². The highest BCUT2D eigenvalue weighted by molar-refractivity contribution is 7.89. The van der Waals surface area contributed by atoms with Gasteiger partial charge in [-0.05, 0) is 73.7 Å². The first kappa shape index (κ1) is 26.0. The van der Waals surface area contributed by atoms with Gasteiger partial charge in [-0.25, -0.2) is 8.42 Å². The van der Waals surface area contributed by atoms with E-state index < -0.39 is 34.0 Å². The van der Waals surface area contributed by atoms with Crippen molar-refractivity contribution in [3.63, 3.8) is 0 Å². The van der Waals surface area contributed by atoms with Crippen molar-refractivity contribution in [2.45, 2.75) is 43.9 Å². The van der Waals surface area contributed by atoms with E-state index in [1.807, 2.05) is 0 Å². The van der Waals surface area contributed by atoms with Gasteiger partial charge < -0.3 is 15.0 Å². The Hall–Kier alpha value is -3.12. The molecule has 8 nitrogen and oxygen atoms in total. The molecule has 0 saturated carbocycles. The Balaban J connectivity index is 1.44. The lowest BCUT2D eigenvalue weighted by atomic mass is 9.98. The van der Waals surface area contributed by atoms with Gasteiger partial charge in [-0.1, -0.05) is 0 Å². The van der Waals surface area contributed by atoms with Gasteiger partial charge in [0.25, 0.3) is 0 Å². The molecule has 0 bridgehead atoms. The molecule has 0 radical (unpaired) electrons. The molecule has 0 aliphatic carbocycles. The van der Waals surface area contributed by atoms with Crippen molar-refractivity contribution in [1.29, 1.82) is 0 Å². The molecule has 1 fully saturated rings. The molecule has 1 N–H and O–H groups in total. The number of alkyl halides is 3. The third-order valence-corrected chi connectivity index (χ3v) is 8.16. The number of rotatable bonds is 5. The highest BCUT2D eigenvalue weighted by Crippen LogP contribution is 2.32. The number of halogens is 3. The molecule has 2 heterocycles. The molecular weight excluding hydrogens is 499 g/mol. The Bertz CT molecular complexity index is 1250. The quantitative estimate of drug-likeness (QED) is 0.639. The average Bonchev–Trinajstić information content (AvgIpc) is 2.83. The second-order valence-electron chi connectivity index (χ2n) is 8.83. The van der Waals surface area contributed by atoms with Gasteiger partial charge in [0.05, 0.1) is 10.8 Å². The number of nitrogens with one attached hydrogen (secondary N) is 1. The molecule has 4 rings (SSSR count). The lowest BCUT2D eigenvalue weighted by Crippen LogP contribution is -2.43. The Morgan fingerprint density at radius 3 is 2.44 bits per heavy atom. The summed E-state index contributed by atoms with van der Waals surface area (Å²) in [6.07, 6.45) is -2.44. The van der Waals surface area contributed by atoms with E-state index in [0.717, 1.165) is 29.8 Å². The molecule has 1 saturated heterocycles. The smallest absolute Gasteiger partial charge is 0.406 e. The normalized spacial score (nSPS) is 18.9. The zero-order valence-corrected chi connectivity index (χ0v) is 20.4. The lowest BCUT2D eigenvalue weighted by Gasteiger charge is -2.32. The number of hydrogen-bond donors (Lipinski definition) is 1. The van der Waals surface area contributed by atoms with Crippen molar-refractivity contribution in [2.75, 3.05) is 29.9 Å². The number of ether oxygens (including phenoxy) is 1. The maximum Gasteiger partial charge on any atom is 0.573 e. The summed E-state index contributed by atoms with van der Waals surface area (Å²) in [7, 11) is -3.87. The number of amides is 2. The maximum absolute atomic E-state index is 13.4. The summed E-state index contributed by atoms with van der Waals surface area (Å²) in [5, 5.41) is 2.64. The van der Waals surface area contributed by atoms with Crippen LogP contribution in [0.15, 0.2) is 47.4 Å². The number of anilines is 2. The van der Waals surface area contributed by atoms with Crippen molar-refractivity contribution >= 4 is 33.2 Å². The first-order valence-electron chi connectivity index (χ1n) is 11.5. The Kier molecular flexibility index (Phi) is 7.28. The van der Waals surface area contributed by atoms with Crippen LogP contribution in [-0.4, -0.2) is 50.5 Å². The van der Waals surface area contributed by atoms with Gasteiger partial charge in [0, 0.05) is 37.9 Å². The van der Waals surface area contributed by atoms with Gasteiger partial charge in [-0.3, -0.25) is 9.59 Å². The third kappa shape index (κ3) is 5.81. The minimum Gasteiger partial charge on any atom is -0.406 e. The predicted molar refractivity (Wildman–Crippen MR) is 126 cm³/mol. The van der Waals surface area contributed by atoms with Crippen molar-refractivity contribution in [2.24, 2.45) is 5.92 Å². The molecule has 1 atom stereocenters. The van der Waals surface area contributed by atoms with E-state index in [4.69, 9.17) is 0 Å². The van der Waals surface area contributed by atoms with E-state index in [2.05, 4.69) is 10.1 Å². The highest BCUT2D eigenvalue weighted by Gasteiger charge is 2.34. The van der Waals surface area contributed by atoms with Gasteiger partial charge in [0.15, 0.2) is 0 Å². The molecule has 2 aromatic carbocycles. The molecule has 12 heteroatoms. The van der Waals surface area contributed by atoms with E-state index in [-0.39, 0.29) is 29.6 Å². The first-order valence-corrected chi connectivity index (χ1v) is 13.0. The zero-order chi connectivity index (χ0) is 26.1. The number of fused-ring (bicyclic) bond motifs is 1. The number of benzene rings is 2. The Morgan fingerprint density at radius 1 is 1.06 bits per heavy atom. The summed E-state index contributed by atoms with van der Waals surface area (Å²) in [6.45, 7) is 2.32. The molecule has 2 aliphatic rings. The maximum atomic E-state index is 13.4. The zero-order valence-electron chi connectivity index (χ0n) is 19.5. The fraction of sp³-hybridized carbons (Fsp3) is 0.417. The molecule has 0 unspecified atom stereocenters. The Morgan fingerprint density at radius 2 is 1.78 bits per heavy atom. The van der Waals surface area contributed by atoms with Gasteiger partial charge in [-0.15, -0.1) is 13.2 Å². The average molecular weight is 526 g/mol. The molecule has 36 heavy (non-hydrogen) atoms. The number of sulfonamides is 1. The van der Waals surface area contributed by atoms with Gasteiger partial charge in [-0.2, -0.15) is 4.31 Å². The number of carbonyl (C=O) groups excluding carboxylic acids is 2. The van der Waals surface area contributed by atoms with Crippen LogP contribution < -0.4 is 15.0 Å². The number of hydrogen-bond acceptors (Lipinski definition) is 5. The second-order valence-corrected chi connectivity index (χ2v) is 10.8.